The van der Waals surface area contributed by atoms with Crippen LogP contribution in [0.1, 0.15) is 50.8 Å². The first-order valence-corrected chi connectivity index (χ1v) is 13.6. The minimum atomic E-state index is -0.760. The second-order valence-corrected chi connectivity index (χ2v) is 11.1. The number of carbonyl (C=O) groups excluding carboxylic acids is 2. The highest BCUT2D eigenvalue weighted by molar-refractivity contribution is 6.35. The van der Waals surface area contributed by atoms with Crippen LogP contribution >= 0.6 is 23.2 Å². The molecule has 0 spiro atoms. The lowest BCUT2D eigenvalue weighted by Gasteiger charge is -2.32. The highest BCUT2D eigenvalue weighted by atomic mass is 35.5. The van der Waals surface area contributed by atoms with Crippen molar-refractivity contribution in [2.24, 2.45) is 0 Å². The number of carbonyl (C=O) groups is 2. The predicted octanol–water partition coefficient (Wildman–Crippen LogP) is 6.84. The van der Waals surface area contributed by atoms with Crippen LogP contribution in [0.25, 0.3) is 0 Å². The molecule has 0 saturated carbocycles. The first kappa shape index (κ1) is 29.5. The number of rotatable bonds is 11. The highest BCUT2D eigenvalue weighted by Crippen LogP contribution is 2.31. The van der Waals surface area contributed by atoms with Crippen LogP contribution in [0, 0.1) is 0 Å². The van der Waals surface area contributed by atoms with E-state index >= 15 is 0 Å². The van der Waals surface area contributed by atoms with Crippen LogP contribution in [0.2, 0.25) is 10.0 Å². The van der Waals surface area contributed by atoms with Crippen LogP contribution in [0.4, 0.5) is 0 Å². The van der Waals surface area contributed by atoms with Gasteiger partial charge in [-0.1, -0.05) is 105 Å². The summed E-state index contributed by atoms with van der Waals surface area (Å²) in [5.41, 5.74) is 2.48. The van der Waals surface area contributed by atoms with Gasteiger partial charge in [0.2, 0.25) is 5.91 Å². The summed E-state index contributed by atoms with van der Waals surface area (Å²) in [7, 11) is 0. The van der Waals surface area contributed by atoms with Gasteiger partial charge >= 0.3 is 0 Å². The van der Waals surface area contributed by atoms with Crippen molar-refractivity contribution in [3.05, 3.63) is 99.5 Å². The zero-order valence-electron chi connectivity index (χ0n) is 22.5. The number of nitrogens with zero attached hydrogens (tertiary/aromatic N) is 1. The number of halogens is 2. The summed E-state index contributed by atoms with van der Waals surface area (Å²) in [5.74, 6) is 0.115. The molecule has 0 saturated heterocycles. The van der Waals surface area contributed by atoms with Gasteiger partial charge in [-0.05, 0) is 46.7 Å². The third-order valence-electron chi connectivity index (χ3n) is 6.22. The van der Waals surface area contributed by atoms with Crippen LogP contribution < -0.4 is 10.1 Å². The van der Waals surface area contributed by atoms with Gasteiger partial charge in [0.25, 0.3) is 5.91 Å². The number of benzene rings is 3. The molecule has 1 unspecified atom stereocenters. The van der Waals surface area contributed by atoms with Crippen LogP contribution in [-0.2, 0) is 28.0 Å². The molecule has 7 heteroatoms. The zero-order valence-corrected chi connectivity index (χ0v) is 24.0. The van der Waals surface area contributed by atoms with E-state index in [-0.39, 0.29) is 30.4 Å². The van der Waals surface area contributed by atoms with Crippen molar-refractivity contribution in [1.82, 2.24) is 10.2 Å². The monoisotopic (exact) mass is 554 g/mol. The fourth-order valence-electron chi connectivity index (χ4n) is 4.19. The Morgan fingerprint density at radius 3 is 2.32 bits per heavy atom. The highest BCUT2D eigenvalue weighted by Gasteiger charge is 2.31. The van der Waals surface area contributed by atoms with E-state index < -0.39 is 6.04 Å². The number of hydrogen-bond donors (Lipinski definition) is 1. The topological polar surface area (TPSA) is 58.6 Å². The Kier molecular flexibility index (Phi) is 10.6. The Hall–Kier alpha value is -3.02. The van der Waals surface area contributed by atoms with E-state index in [0.29, 0.717) is 34.3 Å². The van der Waals surface area contributed by atoms with Gasteiger partial charge < -0.3 is 15.0 Å². The first-order valence-electron chi connectivity index (χ1n) is 12.9. The van der Waals surface area contributed by atoms with Gasteiger partial charge in [0.05, 0.1) is 0 Å². The molecule has 3 rings (SSSR count). The van der Waals surface area contributed by atoms with Crippen LogP contribution in [0.15, 0.2) is 72.8 Å². The van der Waals surface area contributed by atoms with Crippen LogP contribution in [0.3, 0.4) is 0 Å². The molecular weight excluding hydrogens is 519 g/mol. The van der Waals surface area contributed by atoms with Crippen molar-refractivity contribution in [3.8, 4) is 5.75 Å². The van der Waals surface area contributed by atoms with Gasteiger partial charge in [-0.2, -0.15) is 0 Å². The van der Waals surface area contributed by atoms with Gasteiger partial charge in [0.1, 0.15) is 11.8 Å². The number of nitrogens with one attached hydrogen (secondary N) is 1. The number of hydrogen-bond acceptors (Lipinski definition) is 3. The largest absolute Gasteiger partial charge is 0.483 e. The van der Waals surface area contributed by atoms with E-state index in [2.05, 4.69) is 26.1 Å². The summed E-state index contributed by atoms with van der Waals surface area (Å²) in [6.45, 7) is 8.72. The second kappa shape index (κ2) is 13.7. The maximum atomic E-state index is 13.8. The predicted molar refractivity (Wildman–Crippen MR) is 155 cm³/mol. The van der Waals surface area contributed by atoms with Crippen LogP contribution in [0.5, 0.6) is 5.75 Å². The number of para-hydroxylation sites is 1. The smallest absolute Gasteiger partial charge is 0.261 e. The fraction of sp³-hybridized carbons (Fsp3) is 0.355. The Balaban J connectivity index is 1.96. The Morgan fingerprint density at radius 1 is 0.974 bits per heavy atom. The Labute approximate surface area is 236 Å². The molecule has 0 aliphatic carbocycles. The van der Waals surface area contributed by atoms with E-state index in [1.807, 2.05) is 61.5 Å². The molecule has 0 aromatic heterocycles. The lowest BCUT2D eigenvalue weighted by Crippen LogP contribution is -2.51. The standard InChI is InChI=1S/C31H36Cl2N2O3/c1-5-17-34-30(37)27(18-22-11-7-6-8-12-22)35(20-23-15-16-24(32)19-26(23)33)29(36)21-38-28-14-10-9-13-25(28)31(2,3)4/h6-16,19,27H,5,17-18,20-21H2,1-4H3,(H,34,37). The maximum Gasteiger partial charge on any atom is 0.261 e. The molecule has 3 aromatic carbocycles. The minimum absolute atomic E-state index is 0.135. The molecule has 0 radical (unpaired) electrons. The van der Waals surface area contributed by atoms with E-state index in [0.717, 1.165) is 17.5 Å². The summed E-state index contributed by atoms with van der Waals surface area (Å²) < 4.78 is 6.08. The first-order chi connectivity index (χ1) is 18.1. The summed E-state index contributed by atoms with van der Waals surface area (Å²) >= 11 is 12.6. The average molecular weight is 556 g/mol. The maximum absolute atomic E-state index is 13.8. The fourth-order valence-corrected chi connectivity index (χ4v) is 4.66. The molecule has 0 aliphatic heterocycles. The van der Waals surface area contributed by atoms with Gasteiger partial charge in [-0.15, -0.1) is 0 Å². The van der Waals surface area contributed by atoms with Crippen molar-refractivity contribution < 1.29 is 14.3 Å². The lowest BCUT2D eigenvalue weighted by atomic mass is 9.86. The molecule has 0 bridgehead atoms. The number of ether oxygens (including phenoxy) is 1. The summed E-state index contributed by atoms with van der Waals surface area (Å²) in [6, 6.07) is 21.8. The van der Waals surface area contributed by atoms with Gasteiger partial charge in [0.15, 0.2) is 6.61 Å². The molecule has 5 nitrogen and oxygen atoms in total. The quantitative estimate of drug-likeness (QED) is 0.282. The van der Waals surface area contributed by atoms with E-state index in [1.165, 1.54) is 0 Å². The van der Waals surface area contributed by atoms with Crippen molar-refractivity contribution in [2.75, 3.05) is 13.2 Å². The molecule has 0 heterocycles. The summed E-state index contributed by atoms with van der Waals surface area (Å²) in [5, 5.41) is 3.91. The molecule has 1 atom stereocenters. The van der Waals surface area contributed by atoms with E-state index in [4.69, 9.17) is 27.9 Å². The van der Waals surface area contributed by atoms with Crippen LogP contribution in [-0.4, -0.2) is 35.9 Å². The van der Waals surface area contributed by atoms with Crippen molar-refractivity contribution in [1.29, 1.82) is 0 Å². The SMILES string of the molecule is CCCNC(=O)C(Cc1ccccc1)N(Cc1ccc(Cl)cc1Cl)C(=O)COc1ccccc1C(C)(C)C. The average Bonchev–Trinajstić information content (AvgIpc) is 2.89. The lowest BCUT2D eigenvalue weighted by molar-refractivity contribution is -0.142. The summed E-state index contributed by atoms with van der Waals surface area (Å²) in [4.78, 5) is 28.8. The molecule has 0 fully saturated rings. The van der Waals surface area contributed by atoms with E-state index in [9.17, 15) is 9.59 Å². The Morgan fingerprint density at radius 2 is 1.66 bits per heavy atom. The molecular formula is C31H36Cl2N2O3. The van der Waals surface area contributed by atoms with Gasteiger partial charge in [0, 0.05) is 29.6 Å². The van der Waals surface area contributed by atoms with Crippen molar-refractivity contribution in [3.63, 3.8) is 0 Å². The van der Waals surface area contributed by atoms with Crippen molar-refractivity contribution >= 4 is 35.0 Å². The third-order valence-corrected chi connectivity index (χ3v) is 6.81. The Bertz CT molecular complexity index is 1230. The third kappa shape index (κ3) is 8.24. The summed E-state index contributed by atoms with van der Waals surface area (Å²) in [6.07, 6.45) is 1.14. The molecule has 202 valence electrons. The molecule has 3 aromatic rings. The molecule has 1 N–H and O–H groups in total. The van der Waals surface area contributed by atoms with Gasteiger partial charge in [-0.25, -0.2) is 0 Å². The van der Waals surface area contributed by atoms with Crippen molar-refractivity contribution in [2.45, 2.75) is 58.5 Å². The second-order valence-electron chi connectivity index (χ2n) is 10.3. The normalized spacial score (nSPS) is 12.1. The molecule has 0 aliphatic rings. The van der Waals surface area contributed by atoms with Gasteiger partial charge in [-0.3, -0.25) is 9.59 Å². The molecule has 38 heavy (non-hydrogen) atoms. The van der Waals surface area contributed by atoms with E-state index in [1.54, 1.807) is 23.1 Å². The molecule has 2 amide bonds. The zero-order chi connectivity index (χ0) is 27.7. The minimum Gasteiger partial charge on any atom is -0.483 e. The number of amides is 2.